The van der Waals surface area contributed by atoms with Crippen LogP contribution in [0.1, 0.15) is 57.8 Å². The minimum atomic E-state index is -0.138. The number of likely N-dealkylation sites (tertiary alicyclic amines) is 1. The highest BCUT2D eigenvalue weighted by Crippen LogP contribution is 2.38. The van der Waals surface area contributed by atoms with Gasteiger partial charge >= 0.3 is 0 Å². The van der Waals surface area contributed by atoms with Crippen molar-refractivity contribution >= 4 is 17.6 Å². The van der Waals surface area contributed by atoms with Gasteiger partial charge in [-0.05, 0) is 56.4 Å². The zero-order valence-corrected chi connectivity index (χ0v) is 26.1. The van der Waals surface area contributed by atoms with E-state index in [9.17, 15) is 9.59 Å². The number of para-hydroxylation sites is 1. The lowest BCUT2D eigenvalue weighted by molar-refractivity contribution is 0.0357. The smallest absolute Gasteiger partial charge is 0.272 e. The molecule has 45 heavy (non-hydrogen) atoms. The van der Waals surface area contributed by atoms with Gasteiger partial charge in [-0.25, -0.2) is 4.98 Å². The molecule has 4 heterocycles. The van der Waals surface area contributed by atoms with Crippen LogP contribution in [0.4, 0.5) is 5.82 Å². The second-order valence-electron chi connectivity index (χ2n) is 12.2. The third-order valence-corrected chi connectivity index (χ3v) is 9.14. The predicted molar refractivity (Wildman–Crippen MR) is 172 cm³/mol. The molecular weight excluding hydrogens is 566 g/mol. The van der Waals surface area contributed by atoms with Crippen molar-refractivity contribution in [1.29, 1.82) is 0 Å². The predicted octanol–water partition coefficient (Wildman–Crippen LogP) is 4.76. The summed E-state index contributed by atoms with van der Waals surface area (Å²) in [6.45, 7) is 6.09. The normalized spacial score (nSPS) is 17.6. The molecule has 2 amide bonds. The number of aryl methyl sites for hydroxylation is 2. The van der Waals surface area contributed by atoms with E-state index < -0.39 is 0 Å². The highest BCUT2D eigenvalue weighted by Gasteiger charge is 2.38. The van der Waals surface area contributed by atoms with Gasteiger partial charge in [0.1, 0.15) is 17.3 Å². The number of rotatable bonds is 4. The molecule has 234 valence electrons. The number of aromatic nitrogens is 4. The van der Waals surface area contributed by atoms with Crippen LogP contribution in [0.25, 0.3) is 0 Å². The van der Waals surface area contributed by atoms with Crippen molar-refractivity contribution in [2.75, 3.05) is 44.2 Å². The lowest BCUT2D eigenvalue weighted by Crippen LogP contribution is -2.46. The SMILES string of the molecule is Cc1cc(C(=O)N2CCC3(CCCN(c4cnccn4)CCN(Cc4ccccc4)C(=O)c4ccccc4OC3)CC2)n(C)n1. The Hall–Kier alpha value is -4.73. The number of hydrogen-bond acceptors (Lipinski definition) is 7. The van der Waals surface area contributed by atoms with Crippen LogP contribution in [0.3, 0.4) is 0 Å². The first-order chi connectivity index (χ1) is 21.9. The van der Waals surface area contributed by atoms with Crippen LogP contribution in [0.5, 0.6) is 5.75 Å². The number of carbonyl (C=O) groups excluding carboxylic acids is 2. The zero-order chi connectivity index (χ0) is 31.2. The van der Waals surface area contributed by atoms with Crippen LogP contribution < -0.4 is 9.64 Å². The number of carbonyl (C=O) groups is 2. The fourth-order valence-electron chi connectivity index (χ4n) is 6.53. The standard InChI is InChI=1S/C35H41N7O3/c1-27-23-30(39(2)38-27)34(44)41-19-14-35(15-20-41)13-8-18-40(32-24-36-16-17-37-32)21-22-42(25-28-9-4-3-5-10-28)33(43)29-11-6-7-12-31(29)45-26-35/h3-7,9-12,16-17,23-24H,8,13-15,18-22,25-26H2,1-2H3. The van der Waals surface area contributed by atoms with Crippen molar-refractivity contribution in [3.05, 3.63) is 102 Å². The van der Waals surface area contributed by atoms with E-state index in [0.717, 1.165) is 49.3 Å². The molecule has 2 aliphatic rings. The first-order valence-corrected chi connectivity index (χ1v) is 15.8. The van der Waals surface area contributed by atoms with Gasteiger partial charge < -0.3 is 19.4 Å². The summed E-state index contributed by atoms with van der Waals surface area (Å²) in [4.78, 5) is 42.6. The van der Waals surface area contributed by atoms with Gasteiger partial charge in [-0.3, -0.25) is 19.3 Å². The van der Waals surface area contributed by atoms with E-state index in [4.69, 9.17) is 4.74 Å². The molecule has 0 N–H and O–H groups in total. The first kappa shape index (κ1) is 30.3. The highest BCUT2D eigenvalue weighted by atomic mass is 16.5. The van der Waals surface area contributed by atoms with Gasteiger partial charge in [0.05, 0.1) is 24.1 Å². The molecule has 4 aromatic rings. The second kappa shape index (κ2) is 13.5. The quantitative estimate of drug-likeness (QED) is 0.330. The number of amides is 2. The van der Waals surface area contributed by atoms with Crippen LogP contribution in [-0.4, -0.2) is 80.7 Å². The highest BCUT2D eigenvalue weighted by molar-refractivity contribution is 5.97. The minimum Gasteiger partial charge on any atom is -0.492 e. The Morgan fingerprint density at radius 3 is 2.44 bits per heavy atom. The summed E-state index contributed by atoms with van der Waals surface area (Å²) in [5, 5.41) is 4.37. The van der Waals surface area contributed by atoms with Crippen LogP contribution in [0, 0.1) is 12.3 Å². The van der Waals surface area contributed by atoms with Gasteiger partial charge in [0.25, 0.3) is 11.8 Å². The molecule has 0 unspecified atom stereocenters. The molecule has 10 nitrogen and oxygen atoms in total. The molecule has 6 rings (SSSR count). The molecule has 2 aromatic carbocycles. The minimum absolute atomic E-state index is 0.0155. The van der Waals surface area contributed by atoms with Crippen LogP contribution in [0.2, 0.25) is 0 Å². The maximum absolute atomic E-state index is 14.2. The number of hydrogen-bond donors (Lipinski definition) is 0. The molecule has 2 aromatic heterocycles. The van der Waals surface area contributed by atoms with E-state index in [1.807, 2.05) is 84.4 Å². The Bertz CT molecular complexity index is 1600. The topological polar surface area (TPSA) is 96.7 Å². The average molecular weight is 608 g/mol. The van der Waals surface area contributed by atoms with Crippen LogP contribution in [-0.2, 0) is 13.6 Å². The number of nitrogens with zero attached hydrogens (tertiary/aromatic N) is 7. The van der Waals surface area contributed by atoms with E-state index in [0.29, 0.717) is 56.3 Å². The summed E-state index contributed by atoms with van der Waals surface area (Å²) >= 11 is 0. The van der Waals surface area contributed by atoms with Crippen molar-refractivity contribution in [1.82, 2.24) is 29.5 Å². The van der Waals surface area contributed by atoms with Crippen LogP contribution >= 0.6 is 0 Å². The maximum atomic E-state index is 14.2. The molecule has 0 bridgehead atoms. The van der Waals surface area contributed by atoms with E-state index >= 15 is 0 Å². The van der Waals surface area contributed by atoms with Crippen molar-refractivity contribution < 1.29 is 14.3 Å². The van der Waals surface area contributed by atoms with Gasteiger partial charge in [-0.15, -0.1) is 0 Å². The third kappa shape index (κ3) is 7.00. The molecule has 0 radical (unpaired) electrons. The maximum Gasteiger partial charge on any atom is 0.272 e. The van der Waals surface area contributed by atoms with E-state index in [-0.39, 0.29) is 17.2 Å². The van der Waals surface area contributed by atoms with E-state index in [1.165, 1.54) is 0 Å². The third-order valence-electron chi connectivity index (χ3n) is 9.14. The van der Waals surface area contributed by atoms with E-state index in [1.54, 1.807) is 23.3 Å². The van der Waals surface area contributed by atoms with Crippen LogP contribution in [0.15, 0.2) is 79.3 Å². The molecule has 1 fully saturated rings. The van der Waals surface area contributed by atoms with Crippen molar-refractivity contribution in [3.63, 3.8) is 0 Å². The Morgan fingerprint density at radius 2 is 1.71 bits per heavy atom. The molecule has 0 aliphatic carbocycles. The van der Waals surface area contributed by atoms with Gasteiger partial charge in [0.15, 0.2) is 0 Å². The van der Waals surface area contributed by atoms with Crippen molar-refractivity contribution in [2.45, 2.75) is 39.2 Å². The largest absolute Gasteiger partial charge is 0.492 e. The van der Waals surface area contributed by atoms with E-state index in [2.05, 4.69) is 20.0 Å². The Kier molecular flexibility index (Phi) is 9.09. The lowest BCUT2D eigenvalue weighted by atomic mass is 9.75. The molecular formula is C35H41N7O3. The number of anilines is 1. The molecule has 1 saturated heterocycles. The summed E-state index contributed by atoms with van der Waals surface area (Å²) in [6.07, 6.45) is 8.67. The number of ether oxygens (including phenoxy) is 1. The second-order valence-corrected chi connectivity index (χ2v) is 12.2. The zero-order valence-electron chi connectivity index (χ0n) is 26.1. The summed E-state index contributed by atoms with van der Waals surface area (Å²) in [6, 6.07) is 19.5. The molecule has 2 aliphatic heterocycles. The van der Waals surface area contributed by atoms with Gasteiger partial charge in [0, 0.05) is 64.1 Å². The molecule has 10 heteroatoms. The number of piperidine rings is 1. The first-order valence-electron chi connectivity index (χ1n) is 15.8. The average Bonchev–Trinajstić information content (AvgIpc) is 3.42. The van der Waals surface area contributed by atoms with Crippen molar-refractivity contribution in [2.24, 2.45) is 12.5 Å². The lowest BCUT2D eigenvalue weighted by Gasteiger charge is -2.42. The molecule has 1 spiro atoms. The summed E-state index contributed by atoms with van der Waals surface area (Å²) in [7, 11) is 1.82. The summed E-state index contributed by atoms with van der Waals surface area (Å²) in [5.41, 5.74) is 2.94. The summed E-state index contributed by atoms with van der Waals surface area (Å²) < 4.78 is 8.24. The summed E-state index contributed by atoms with van der Waals surface area (Å²) in [5.74, 6) is 1.36. The molecule has 0 saturated carbocycles. The monoisotopic (exact) mass is 607 g/mol. The Morgan fingerprint density at radius 1 is 0.933 bits per heavy atom. The van der Waals surface area contributed by atoms with Gasteiger partial charge in [-0.1, -0.05) is 42.5 Å². The fraction of sp³-hybridized carbons (Fsp3) is 0.400. The van der Waals surface area contributed by atoms with Gasteiger partial charge in [0.2, 0.25) is 0 Å². The molecule has 0 atom stereocenters. The Labute approximate surface area is 264 Å². The van der Waals surface area contributed by atoms with Crippen molar-refractivity contribution in [3.8, 4) is 5.75 Å². The Balaban J connectivity index is 1.27. The fourth-order valence-corrected chi connectivity index (χ4v) is 6.53. The van der Waals surface area contributed by atoms with Gasteiger partial charge in [-0.2, -0.15) is 5.10 Å². The number of benzene rings is 2. The number of fused-ring (bicyclic) bond motifs is 1.